The summed E-state index contributed by atoms with van der Waals surface area (Å²) in [6.07, 6.45) is 6.73. The van der Waals surface area contributed by atoms with Crippen molar-refractivity contribution in [1.29, 1.82) is 0 Å². The number of fused-ring (bicyclic) bond motifs is 5. The molecule has 0 unspecified atom stereocenters. The summed E-state index contributed by atoms with van der Waals surface area (Å²) in [6.45, 7) is 11.7. The van der Waals surface area contributed by atoms with E-state index >= 15 is 0 Å². The number of hydrogen-bond acceptors (Lipinski definition) is 5. The number of rotatable bonds is 4. The van der Waals surface area contributed by atoms with Crippen LogP contribution in [0.25, 0.3) is 0 Å². The molecule has 0 aromatic heterocycles. The lowest BCUT2D eigenvalue weighted by atomic mass is 9.39. The van der Waals surface area contributed by atoms with E-state index in [1.54, 1.807) is 6.08 Å². The van der Waals surface area contributed by atoms with Gasteiger partial charge in [0.1, 0.15) is 0 Å². The summed E-state index contributed by atoms with van der Waals surface area (Å²) in [6, 6.07) is 0. The van der Waals surface area contributed by atoms with Gasteiger partial charge in [0, 0.05) is 29.2 Å². The lowest BCUT2D eigenvalue weighted by Gasteiger charge is -2.65. The monoisotopic (exact) mass is 418 g/mol. The molecule has 0 radical (unpaired) electrons. The maximum atomic E-state index is 12.5. The van der Waals surface area contributed by atoms with Gasteiger partial charge in [0.05, 0.1) is 19.3 Å². The van der Waals surface area contributed by atoms with Crippen LogP contribution in [0.15, 0.2) is 11.6 Å². The molecule has 1 N–H and O–H groups in total. The van der Waals surface area contributed by atoms with Gasteiger partial charge in [-0.05, 0) is 54.4 Å². The number of aliphatic hydroxyl groups is 1. The van der Waals surface area contributed by atoms with Gasteiger partial charge >= 0.3 is 11.9 Å². The third kappa shape index (κ3) is 3.23. The molecule has 1 saturated heterocycles. The first-order chi connectivity index (χ1) is 14.0. The topological polar surface area (TPSA) is 72.8 Å². The summed E-state index contributed by atoms with van der Waals surface area (Å²) in [5, 5.41) is 11.4. The van der Waals surface area contributed by atoms with Gasteiger partial charge in [0.2, 0.25) is 0 Å². The van der Waals surface area contributed by atoms with Crippen molar-refractivity contribution >= 4 is 11.9 Å². The van der Waals surface area contributed by atoms with E-state index in [4.69, 9.17) is 9.47 Å². The van der Waals surface area contributed by atoms with Crippen molar-refractivity contribution in [2.24, 2.45) is 39.9 Å². The van der Waals surface area contributed by atoms with Crippen molar-refractivity contribution in [2.45, 2.75) is 79.2 Å². The Kier molecular flexibility index (Phi) is 5.36. The van der Waals surface area contributed by atoms with E-state index in [2.05, 4.69) is 20.8 Å². The Bertz CT molecular complexity index is 753. The van der Waals surface area contributed by atoms with E-state index in [1.807, 2.05) is 13.8 Å². The molecular formula is C25H38O5. The molecule has 3 aliphatic carbocycles. The van der Waals surface area contributed by atoms with Crippen molar-refractivity contribution in [3.63, 3.8) is 0 Å². The minimum Gasteiger partial charge on any atom is -0.465 e. The van der Waals surface area contributed by atoms with Gasteiger partial charge in [-0.15, -0.1) is 0 Å². The summed E-state index contributed by atoms with van der Waals surface area (Å²) >= 11 is 0. The van der Waals surface area contributed by atoms with Crippen LogP contribution in [0.3, 0.4) is 0 Å². The lowest BCUT2D eigenvalue weighted by molar-refractivity contribution is -0.202. The zero-order valence-corrected chi connectivity index (χ0v) is 19.2. The van der Waals surface area contributed by atoms with Crippen LogP contribution in [0.2, 0.25) is 0 Å². The molecule has 4 aliphatic rings. The number of ether oxygens (including phenoxy) is 2. The number of carbonyl (C=O) groups excluding carboxylic acids is 2. The van der Waals surface area contributed by atoms with Crippen LogP contribution < -0.4 is 0 Å². The van der Waals surface area contributed by atoms with Gasteiger partial charge in [-0.3, -0.25) is 4.79 Å². The number of cyclic esters (lactones) is 1. The minimum atomic E-state index is -0.715. The van der Waals surface area contributed by atoms with E-state index in [1.165, 1.54) is 6.42 Å². The van der Waals surface area contributed by atoms with Gasteiger partial charge < -0.3 is 14.6 Å². The van der Waals surface area contributed by atoms with Crippen LogP contribution in [0.1, 0.15) is 73.1 Å². The zero-order valence-electron chi connectivity index (χ0n) is 19.2. The first-order valence-corrected chi connectivity index (χ1v) is 11.7. The second-order valence-corrected chi connectivity index (χ2v) is 11.7. The third-order valence-electron chi connectivity index (χ3n) is 8.96. The molecule has 0 spiro atoms. The molecule has 1 heterocycles. The second-order valence-electron chi connectivity index (χ2n) is 11.7. The van der Waals surface area contributed by atoms with Crippen LogP contribution in [-0.4, -0.2) is 36.4 Å². The molecule has 6 atom stereocenters. The predicted molar refractivity (Wildman–Crippen MR) is 113 cm³/mol. The van der Waals surface area contributed by atoms with Crippen molar-refractivity contribution in [2.75, 3.05) is 13.2 Å². The highest BCUT2D eigenvalue weighted by Gasteiger charge is 2.67. The smallest absolute Gasteiger partial charge is 0.334 e. The molecule has 1 aliphatic heterocycles. The molecule has 4 rings (SSSR count). The number of hydrogen-bond donors (Lipinski definition) is 1. The molecule has 30 heavy (non-hydrogen) atoms. The SMILES string of the molecule is CC(C)CC(=O)OC[C@@]12CC[C@H]3C(C)(C)CCC[C@]3(C)[C@H]1[C@@H](O)C=C1C(=O)OC[C@H]12. The predicted octanol–water partition coefficient (Wildman–Crippen LogP) is 4.28. The van der Waals surface area contributed by atoms with E-state index < -0.39 is 11.5 Å². The standard InChI is InChI=1S/C25H38O5/c1-15(2)11-20(27)30-14-25-10-7-19-23(3,4)8-6-9-24(19,5)21(25)18(26)12-16-17(25)13-29-22(16)28/h12,15,17-19,21,26H,6-11,13-14H2,1-5H3/t17-,18+,19+,21-,24+,25-/m1/s1. The highest BCUT2D eigenvalue weighted by Crippen LogP contribution is 2.69. The van der Waals surface area contributed by atoms with Crippen LogP contribution in [0, 0.1) is 39.9 Å². The van der Waals surface area contributed by atoms with E-state index in [0.29, 0.717) is 24.5 Å². The average molecular weight is 419 g/mol. The molecule has 0 aromatic carbocycles. The summed E-state index contributed by atoms with van der Waals surface area (Å²) < 4.78 is 11.3. The van der Waals surface area contributed by atoms with Crippen LogP contribution in [0.4, 0.5) is 0 Å². The molecular weight excluding hydrogens is 380 g/mol. The zero-order chi connectivity index (χ0) is 21.9. The van der Waals surface area contributed by atoms with Gasteiger partial charge in [-0.2, -0.15) is 0 Å². The molecule has 0 amide bonds. The van der Waals surface area contributed by atoms with Crippen LogP contribution in [-0.2, 0) is 19.1 Å². The quantitative estimate of drug-likeness (QED) is 0.690. The molecule has 168 valence electrons. The molecule has 3 fully saturated rings. The molecule has 5 nitrogen and oxygen atoms in total. The third-order valence-corrected chi connectivity index (χ3v) is 8.96. The Morgan fingerprint density at radius 2 is 2.00 bits per heavy atom. The maximum Gasteiger partial charge on any atom is 0.334 e. The summed E-state index contributed by atoms with van der Waals surface area (Å²) in [4.78, 5) is 24.9. The molecule has 5 heteroatoms. The van der Waals surface area contributed by atoms with Crippen LogP contribution >= 0.6 is 0 Å². The second kappa shape index (κ2) is 7.36. The van der Waals surface area contributed by atoms with Gasteiger partial charge in [-0.1, -0.05) is 41.0 Å². The van der Waals surface area contributed by atoms with E-state index in [9.17, 15) is 14.7 Å². The van der Waals surface area contributed by atoms with Gasteiger partial charge in [-0.25, -0.2) is 4.79 Å². The van der Waals surface area contributed by atoms with Crippen molar-refractivity contribution < 1.29 is 24.2 Å². The Balaban J connectivity index is 1.74. The maximum absolute atomic E-state index is 12.5. The van der Waals surface area contributed by atoms with Crippen molar-refractivity contribution in [3.8, 4) is 0 Å². The highest BCUT2D eigenvalue weighted by atomic mass is 16.5. The van der Waals surface area contributed by atoms with Gasteiger partial charge in [0.25, 0.3) is 0 Å². The Hall–Kier alpha value is -1.36. The summed E-state index contributed by atoms with van der Waals surface area (Å²) in [7, 11) is 0. The first kappa shape index (κ1) is 21.9. The fourth-order valence-corrected chi connectivity index (χ4v) is 7.89. The van der Waals surface area contributed by atoms with E-state index in [0.717, 1.165) is 25.7 Å². The average Bonchev–Trinajstić information content (AvgIpc) is 3.00. The number of esters is 2. The number of carbonyl (C=O) groups is 2. The lowest BCUT2D eigenvalue weighted by Crippen LogP contribution is -2.63. The number of aliphatic hydroxyl groups excluding tert-OH is 1. The fourth-order valence-electron chi connectivity index (χ4n) is 7.89. The Labute approximate surface area is 180 Å². The first-order valence-electron chi connectivity index (χ1n) is 11.7. The van der Waals surface area contributed by atoms with Gasteiger partial charge in [0.15, 0.2) is 0 Å². The van der Waals surface area contributed by atoms with Crippen LogP contribution in [0.5, 0.6) is 0 Å². The molecule has 2 saturated carbocycles. The summed E-state index contributed by atoms with van der Waals surface area (Å²) in [5.74, 6) is 0.0891. The Morgan fingerprint density at radius 3 is 2.70 bits per heavy atom. The highest BCUT2D eigenvalue weighted by molar-refractivity contribution is 5.91. The molecule has 0 bridgehead atoms. The molecule has 0 aromatic rings. The summed E-state index contributed by atoms with van der Waals surface area (Å²) in [5.41, 5.74) is 0.313. The minimum absolute atomic E-state index is 0.0431. The van der Waals surface area contributed by atoms with E-state index in [-0.39, 0.29) is 47.1 Å². The fraction of sp³-hybridized carbons (Fsp3) is 0.840. The van der Waals surface area contributed by atoms with Crippen molar-refractivity contribution in [3.05, 3.63) is 11.6 Å². The van der Waals surface area contributed by atoms with Crippen molar-refractivity contribution in [1.82, 2.24) is 0 Å². The Morgan fingerprint density at radius 1 is 1.27 bits per heavy atom. The normalized spacial score (nSPS) is 42.0. The largest absolute Gasteiger partial charge is 0.465 e.